The predicted molar refractivity (Wildman–Crippen MR) is 85.3 cm³/mol. The SMILES string of the molecule is Cc1nc2cnc3[nH]ccc3c2n1C1CCC(CC#N)CC1. The standard InChI is InChI=1S/C17H19N5/c1-11-21-15-10-20-17-14(7-9-19-17)16(15)22(11)13-4-2-12(3-5-13)6-8-18/h7,9-10,12-13H,2-6H2,1H3,(H,19,20). The van der Waals surface area contributed by atoms with Gasteiger partial charge in [0.25, 0.3) is 0 Å². The summed E-state index contributed by atoms with van der Waals surface area (Å²) >= 11 is 0. The zero-order chi connectivity index (χ0) is 15.1. The molecule has 112 valence electrons. The van der Waals surface area contributed by atoms with E-state index in [0.29, 0.717) is 18.4 Å². The van der Waals surface area contributed by atoms with E-state index in [-0.39, 0.29) is 0 Å². The first kappa shape index (κ1) is 13.3. The van der Waals surface area contributed by atoms with Crippen LogP contribution in [0.1, 0.15) is 44.0 Å². The topological polar surface area (TPSA) is 70.3 Å². The average molecular weight is 293 g/mol. The summed E-state index contributed by atoms with van der Waals surface area (Å²) in [6.45, 7) is 2.08. The Bertz CT molecular complexity index is 858. The number of nitrogens with one attached hydrogen (secondary N) is 1. The van der Waals surface area contributed by atoms with Crippen molar-refractivity contribution in [1.82, 2.24) is 19.5 Å². The first-order chi connectivity index (χ1) is 10.8. The summed E-state index contributed by atoms with van der Waals surface area (Å²) in [5.74, 6) is 1.64. The van der Waals surface area contributed by atoms with Crippen molar-refractivity contribution in [3.8, 4) is 6.07 Å². The van der Waals surface area contributed by atoms with Gasteiger partial charge in [0.05, 0.1) is 17.8 Å². The smallest absolute Gasteiger partial charge is 0.139 e. The maximum atomic E-state index is 8.87. The number of nitriles is 1. The Morgan fingerprint density at radius 2 is 2.18 bits per heavy atom. The van der Waals surface area contributed by atoms with Gasteiger partial charge in [0.1, 0.15) is 17.0 Å². The number of nitrogens with zero attached hydrogens (tertiary/aromatic N) is 4. The number of aromatic nitrogens is 4. The highest BCUT2D eigenvalue weighted by Crippen LogP contribution is 2.37. The van der Waals surface area contributed by atoms with Crippen LogP contribution in [0.25, 0.3) is 22.1 Å². The van der Waals surface area contributed by atoms with Crippen molar-refractivity contribution >= 4 is 22.1 Å². The molecule has 4 rings (SSSR count). The Hall–Kier alpha value is -2.35. The molecule has 3 aromatic rings. The summed E-state index contributed by atoms with van der Waals surface area (Å²) in [6.07, 6.45) is 9.03. The minimum absolute atomic E-state index is 0.487. The van der Waals surface area contributed by atoms with Gasteiger partial charge in [-0.15, -0.1) is 0 Å². The van der Waals surface area contributed by atoms with Gasteiger partial charge in [-0.1, -0.05) is 0 Å². The monoisotopic (exact) mass is 293 g/mol. The molecule has 3 aromatic heterocycles. The molecule has 5 heteroatoms. The Morgan fingerprint density at radius 3 is 2.95 bits per heavy atom. The third-order valence-electron chi connectivity index (χ3n) is 4.97. The molecule has 22 heavy (non-hydrogen) atoms. The fourth-order valence-corrected chi connectivity index (χ4v) is 3.89. The largest absolute Gasteiger partial charge is 0.346 e. The van der Waals surface area contributed by atoms with Crippen LogP contribution in [0.4, 0.5) is 0 Å². The van der Waals surface area contributed by atoms with Crippen molar-refractivity contribution in [2.24, 2.45) is 5.92 Å². The molecule has 3 heterocycles. The van der Waals surface area contributed by atoms with Crippen LogP contribution in [0.3, 0.4) is 0 Å². The highest BCUT2D eigenvalue weighted by atomic mass is 15.1. The normalized spacial score (nSPS) is 22.2. The molecule has 1 N–H and O–H groups in total. The number of fused-ring (bicyclic) bond motifs is 3. The van der Waals surface area contributed by atoms with Gasteiger partial charge >= 0.3 is 0 Å². The lowest BCUT2D eigenvalue weighted by atomic mass is 9.84. The molecule has 1 saturated carbocycles. The lowest BCUT2D eigenvalue weighted by molar-refractivity contribution is 0.279. The molecular formula is C17H19N5. The summed E-state index contributed by atoms with van der Waals surface area (Å²) in [5.41, 5.74) is 3.10. The molecule has 0 atom stereocenters. The second-order valence-electron chi connectivity index (χ2n) is 6.30. The van der Waals surface area contributed by atoms with Crippen LogP contribution in [0.15, 0.2) is 18.5 Å². The summed E-state index contributed by atoms with van der Waals surface area (Å²) in [6, 6.07) is 4.89. The van der Waals surface area contributed by atoms with Gasteiger partial charge < -0.3 is 9.55 Å². The van der Waals surface area contributed by atoms with E-state index in [1.54, 1.807) is 0 Å². The van der Waals surface area contributed by atoms with Crippen LogP contribution < -0.4 is 0 Å². The molecule has 0 saturated heterocycles. The quantitative estimate of drug-likeness (QED) is 0.779. The number of rotatable bonds is 2. The van der Waals surface area contributed by atoms with E-state index in [1.807, 2.05) is 12.4 Å². The minimum Gasteiger partial charge on any atom is -0.346 e. The summed E-state index contributed by atoms with van der Waals surface area (Å²) in [4.78, 5) is 12.3. The van der Waals surface area contributed by atoms with E-state index in [4.69, 9.17) is 10.2 Å². The van der Waals surface area contributed by atoms with Crippen LogP contribution in [0.5, 0.6) is 0 Å². The Labute approximate surface area is 129 Å². The minimum atomic E-state index is 0.487. The fraction of sp³-hybridized carbons (Fsp3) is 0.471. The summed E-state index contributed by atoms with van der Waals surface area (Å²) < 4.78 is 2.40. The van der Waals surface area contributed by atoms with Gasteiger partial charge in [0, 0.05) is 24.0 Å². The second-order valence-corrected chi connectivity index (χ2v) is 6.30. The lowest BCUT2D eigenvalue weighted by Crippen LogP contribution is -2.19. The van der Waals surface area contributed by atoms with Gasteiger partial charge in [-0.05, 0) is 44.6 Å². The van der Waals surface area contributed by atoms with E-state index < -0.39 is 0 Å². The molecule has 1 fully saturated rings. The molecular weight excluding hydrogens is 274 g/mol. The van der Waals surface area contributed by atoms with Crippen molar-refractivity contribution in [2.75, 3.05) is 0 Å². The van der Waals surface area contributed by atoms with Crippen molar-refractivity contribution in [1.29, 1.82) is 5.26 Å². The molecule has 0 aromatic carbocycles. The molecule has 0 unspecified atom stereocenters. The maximum Gasteiger partial charge on any atom is 0.139 e. The van der Waals surface area contributed by atoms with E-state index in [9.17, 15) is 0 Å². The predicted octanol–water partition coefficient (Wildman–Crippen LogP) is 3.87. The fourth-order valence-electron chi connectivity index (χ4n) is 3.89. The Morgan fingerprint density at radius 1 is 1.36 bits per heavy atom. The number of aryl methyl sites for hydroxylation is 1. The van der Waals surface area contributed by atoms with Gasteiger partial charge in [0.15, 0.2) is 0 Å². The molecule has 1 aliphatic carbocycles. The van der Waals surface area contributed by atoms with E-state index in [1.165, 1.54) is 5.52 Å². The number of imidazole rings is 1. The van der Waals surface area contributed by atoms with Crippen molar-refractivity contribution < 1.29 is 0 Å². The molecule has 0 amide bonds. The number of hydrogen-bond acceptors (Lipinski definition) is 3. The van der Waals surface area contributed by atoms with Gasteiger partial charge in [0.2, 0.25) is 0 Å². The number of H-pyrrole nitrogens is 1. The summed E-state index contributed by atoms with van der Waals surface area (Å²) in [7, 11) is 0. The highest BCUT2D eigenvalue weighted by molar-refractivity contribution is 6.01. The zero-order valence-electron chi connectivity index (χ0n) is 12.7. The maximum absolute atomic E-state index is 8.87. The first-order valence-electron chi connectivity index (χ1n) is 7.95. The molecule has 0 aliphatic heterocycles. The number of aromatic amines is 1. The van der Waals surface area contributed by atoms with Crippen LogP contribution in [0, 0.1) is 24.2 Å². The molecule has 0 radical (unpaired) electrons. The van der Waals surface area contributed by atoms with Crippen molar-refractivity contribution in [2.45, 2.75) is 45.1 Å². The molecule has 0 spiro atoms. The average Bonchev–Trinajstić information content (AvgIpc) is 3.11. The third kappa shape index (κ3) is 1.98. The van der Waals surface area contributed by atoms with Crippen molar-refractivity contribution in [3.05, 3.63) is 24.3 Å². The number of pyridine rings is 1. The molecule has 0 bridgehead atoms. The van der Waals surface area contributed by atoms with E-state index in [0.717, 1.165) is 48.1 Å². The van der Waals surface area contributed by atoms with E-state index in [2.05, 4.69) is 33.6 Å². The lowest BCUT2D eigenvalue weighted by Gasteiger charge is -2.29. The Balaban J connectivity index is 1.77. The van der Waals surface area contributed by atoms with Gasteiger partial charge in [-0.25, -0.2) is 9.97 Å². The molecule has 5 nitrogen and oxygen atoms in total. The van der Waals surface area contributed by atoms with Crippen molar-refractivity contribution in [3.63, 3.8) is 0 Å². The van der Waals surface area contributed by atoms with Crippen LogP contribution in [0.2, 0.25) is 0 Å². The third-order valence-corrected chi connectivity index (χ3v) is 4.97. The van der Waals surface area contributed by atoms with Crippen LogP contribution in [-0.4, -0.2) is 19.5 Å². The second kappa shape index (κ2) is 5.13. The zero-order valence-corrected chi connectivity index (χ0v) is 12.7. The van der Waals surface area contributed by atoms with Crippen LogP contribution in [-0.2, 0) is 0 Å². The number of hydrogen-bond donors (Lipinski definition) is 1. The Kier molecular flexibility index (Phi) is 3.11. The van der Waals surface area contributed by atoms with Gasteiger partial charge in [-0.2, -0.15) is 5.26 Å². The van der Waals surface area contributed by atoms with Crippen LogP contribution >= 0.6 is 0 Å². The summed E-state index contributed by atoms with van der Waals surface area (Å²) in [5, 5.41) is 10.0. The van der Waals surface area contributed by atoms with Gasteiger partial charge in [-0.3, -0.25) is 0 Å². The van der Waals surface area contributed by atoms with E-state index >= 15 is 0 Å². The highest BCUT2D eigenvalue weighted by Gasteiger charge is 2.25. The first-order valence-corrected chi connectivity index (χ1v) is 7.95. The molecule has 1 aliphatic rings.